The van der Waals surface area contributed by atoms with Crippen LogP contribution in [0, 0.1) is 0 Å². The Labute approximate surface area is 169 Å². The first-order valence-electron chi connectivity index (χ1n) is 9.68. The maximum Gasteiger partial charge on any atom is 0.226 e. The number of fused-ring (bicyclic) bond motifs is 2. The highest BCUT2D eigenvalue weighted by atomic mass is 32.1. The zero-order valence-electron chi connectivity index (χ0n) is 16.5. The van der Waals surface area contributed by atoms with Gasteiger partial charge < -0.3 is 14.1 Å². The van der Waals surface area contributed by atoms with Crippen molar-refractivity contribution in [1.82, 2.24) is 14.9 Å². The van der Waals surface area contributed by atoms with E-state index in [1.54, 1.807) is 17.7 Å². The van der Waals surface area contributed by atoms with Gasteiger partial charge in [0.2, 0.25) is 5.88 Å². The van der Waals surface area contributed by atoms with Gasteiger partial charge in [-0.05, 0) is 52.0 Å². The average Bonchev–Trinajstić information content (AvgIpc) is 3.31. The van der Waals surface area contributed by atoms with Crippen LogP contribution in [0.3, 0.4) is 0 Å². The fourth-order valence-electron chi connectivity index (χ4n) is 3.37. The summed E-state index contributed by atoms with van der Waals surface area (Å²) < 4.78 is 12.4. The Morgan fingerprint density at radius 3 is 2.86 bits per heavy atom. The summed E-state index contributed by atoms with van der Waals surface area (Å²) in [7, 11) is 4.20. The molecule has 28 heavy (non-hydrogen) atoms. The molecule has 6 heteroatoms. The van der Waals surface area contributed by atoms with Crippen molar-refractivity contribution in [3.63, 3.8) is 0 Å². The van der Waals surface area contributed by atoms with Crippen molar-refractivity contribution in [3.8, 4) is 17.2 Å². The smallest absolute Gasteiger partial charge is 0.226 e. The summed E-state index contributed by atoms with van der Waals surface area (Å²) in [6.45, 7) is 3.22. The zero-order valence-corrected chi connectivity index (χ0v) is 17.3. The Kier molecular flexibility index (Phi) is 5.59. The van der Waals surface area contributed by atoms with Crippen LogP contribution in [0.1, 0.15) is 26.2 Å². The molecule has 0 amide bonds. The first-order chi connectivity index (χ1) is 13.7. The summed E-state index contributed by atoms with van der Waals surface area (Å²) in [5.41, 5.74) is 1.88. The summed E-state index contributed by atoms with van der Waals surface area (Å²) in [4.78, 5) is 12.0. The molecule has 3 heterocycles. The molecule has 1 atom stereocenters. The molecule has 4 rings (SSSR count). The minimum atomic E-state index is 0.140. The molecule has 5 nitrogen and oxygen atoms in total. The van der Waals surface area contributed by atoms with Gasteiger partial charge in [0.25, 0.3) is 0 Å². The molecular formula is C22H25N3O2S. The van der Waals surface area contributed by atoms with Crippen molar-refractivity contribution in [2.75, 3.05) is 20.6 Å². The second-order valence-corrected chi connectivity index (χ2v) is 8.11. The van der Waals surface area contributed by atoms with Crippen molar-refractivity contribution in [2.24, 2.45) is 0 Å². The molecule has 4 aromatic rings. The Morgan fingerprint density at radius 2 is 2.07 bits per heavy atom. The summed E-state index contributed by atoms with van der Waals surface area (Å²) in [6.07, 6.45) is 4.78. The number of ether oxygens (including phenoxy) is 1. The third-order valence-electron chi connectivity index (χ3n) is 4.89. The highest BCUT2D eigenvalue weighted by Crippen LogP contribution is 2.40. The standard InChI is InChI=1S/C22H25N3O2S/c1-4-16(9-7-11-25(2)3)26-21-20-17(13-28-22(20)24-14-23-21)19-12-15-8-5-6-10-18(15)27-19/h5-6,8,10,12-14,16H,4,7,9,11H2,1-3H3. The summed E-state index contributed by atoms with van der Waals surface area (Å²) in [5.74, 6) is 1.48. The zero-order chi connectivity index (χ0) is 19.5. The average molecular weight is 396 g/mol. The van der Waals surface area contributed by atoms with E-state index in [4.69, 9.17) is 9.15 Å². The van der Waals surface area contributed by atoms with Gasteiger partial charge in [0.1, 0.15) is 28.6 Å². The van der Waals surface area contributed by atoms with Crippen molar-refractivity contribution in [3.05, 3.63) is 42.0 Å². The highest BCUT2D eigenvalue weighted by molar-refractivity contribution is 7.17. The van der Waals surface area contributed by atoms with Crippen LogP contribution < -0.4 is 4.74 Å². The van der Waals surface area contributed by atoms with Crippen LogP contribution in [0.2, 0.25) is 0 Å². The SMILES string of the molecule is CCC(CCCN(C)C)Oc1ncnc2scc(-c3cc4ccccc4o3)c12. The van der Waals surface area contributed by atoms with E-state index in [1.807, 2.05) is 18.2 Å². The molecule has 146 valence electrons. The monoisotopic (exact) mass is 395 g/mol. The Bertz CT molecular complexity index is 1040. The van der Waals surface area contributed by atoms with Crippen molar-refractivity contribution in [2.45, 2.75) is 32.3 Å². The Hall–Kier alpha value is -2.44. The number of hydrogen-bond donors (Lipinski definition) is 0. The number of thiophene rings is 1. The molecule has 0 saturated heterocycles. The fraction of sp³-hybridized carbons (Fsp3) is 0.364. The van der Waals surface area contributed by atoms with Crippen molar-refractivity contribution in [1.29, 1.82) is 0 Å². The lowest BCUT2D eigenvalue weighted by molar-refractivity contribution is 0.174. The van der Waals surface area contributed by atoms with E-state index in [1.165, 1.54) is 0 Å². The second kappa shape index (κ2) is 8.29. The van der Waals surface area contributed by atoms with E-state index in [0.717, 1.165) is 58.3 Å². The maximum atomic E-state index is 6.35. The molecule has 0 N–H and O–H groups in total. The van der Waals surface area contributed by atoms with Gasteiger partial charge in [0.05, 0.1) is 5.39 Å². The van der Waals surface area contributed by atoms with Gasteiger partial charge in [0.15, 0.2) is 0 Å². The van der Waals surface area contributed by atoms with E-state index in [9.17, 15) is 0 Å². The lowest BCUT2D eigenvalue weighted by atomic mass is 10.1. The molecule has 0 saturated carbocycles. The first-order valence-corrected chi connectivity index (χ1v) is 10.6. The molecule has 0 bridgehead atoms. The predicted molar refractivity (Wildman–Crippen MR) is 115 cm³/mol. The number of aromatic nitrogens is 2. The molecule has 0 aliphatic heterocycles. The lowest BCUT2D eigenvalue weighted by Crippen LogP contribution is -2.20. The number of para-hydroxylation sites is 1. The largest absolute Gasteiger partial charge is 0.474 e. The third-order valence-corrected chi connectivity index (χ3v) is 5.78. The highest BCUT2D eigenvalue weighted by Gasteiger charge is 2.19. The van der Waals surface area contributed by atoms with Crippen molar-refractivity contribution < 1.29 is 9.15 Å². The van der Waals surface area contributed by atoms with Gasteiger partial charge >= 0.3 is 0 Å². The molecule has 0 aliphatic rings. The topological polar surface area (TPSA) is 51.4 Å². The van der Waals surface area contributed by atoms with Crippen molar-refractivity contribution >= 4 is 32.5 Å². The van der Waals surface area contributed by atoms with Gasteiger partial charge in [-0.3, -0.25) is 0 Å². The van der Waals surface area contributed by atoms with Crippen LogP contribution in [-0.4, -0.2) is 41.6 Å². The Morgan fingerprint density at radius 1 is 1.21 bits per heavy atom. The Balaban J connectivity index is 1.66. The predicted octanol–water partition coefficient (Wildman–Crippen LogP) is 5.60. The number of rotatable bonds is 8. The van der Waals surface area contributed by atoms with Gasteiger partial charge in [0, 0.05) is 16.3 Å². The minimum Gasteiger partial charge on any atom is -0.474 e. The number of hydrogen-bond acceptors (Lipinski definition) is 6. The minimum absolute atomic E-state index is 0.140. The summed E-state index contributed by atoms with van der Waals surface area (Å²) in [5, 5.41) is 4.11. The third kappa shape index (κ3) is 3.88. The maximum absolute atomic E-state index is 6.35. The number of furan rings is 1. The summed E-state index contributed by atoms with van der Waals surface area (Å²) in [6, 6.07) is 10.1. The van der Waals surface area contributed by atoms with Gasteiger partial charge in [-0.25, -0.2) is 9.97 Å². The van der Waals surface area contributed by atoms with E-state index in [2.05, 4.69) is 53.4 Å². The van der Waals surface area contributed by atoms with Crippen LogP contribution in [0.5, 0.6) is 5.88 Å². The molecule has 0 spiro atoms. The first kappa shape index (κ1) is 18.9. The van der Waals surface area contributed by atoms with E-state index >= 15 is 0 Å². The lowest BCUT2D eigenvalue weighted by Gasteiger charge is -2.18. The van der Waals surface area contributed by atoms with Crippen LogP contribution in [0.25, 0.3) is 32.5 Å². The summed E-state index contributed by atoms with van der Waals surface area (Å²) >= 11 is 1.59. The van der Waals surface area contributed by atoms with E-state index in [-0.39, 0.29) is 6.10 Å². The van der Waals surface area contributed by atoms with Crippen LogP contribution >= 0.6 is 11.3 Å². The van der Waals surface area contributed by atoms with E-state index < -0.39 is 0 Å². The molecule has 0 fully saturated rings. The molecule has 0 radical (unpaired) electrons. The number of nitrogens with zero attached hydrogens (tertiary/aromatic N) is 3. The van der Waals surface area contributed by atoms with Gasteiger partial charge in [-0.2, -0.15) is 0 Å². The fourth-order valence-corrected chi connectivity index (χ4v) is 4.26. The van der Waals surface area contributed by atoms with Gasteiger partial charge in [-0.1, -0.05) is 25.1 Å². The quantitative estimate of drug-likeness (QED) is 0.388. The molecule has 3 aromatic heterocycles. The van der Waals surface area contributed by atoms with Crippen LogP contribution in [0.15, 0.2) is 46.5 Å². The molecule has 1 unspecified atom stereocenters. The number of benzene rings is 1. The normalized spacial score (nSPS) is 12.9. The van der Waals surface area contributed by atoms with Crippen LogP contribution in [0.4, 0.5) is 0 Å². The molecule has 0 aliphatic carbocycles. The van der Waals surface area contributed by atoms with E-state index in [0.29, 0.717) is 5.88 Å². The molecular weight excluding hydrogens is 370 g/mol. The molecule has 1 aromatic carbocycles. The van der Waals surface area contributed by atoms with Crippen LogP contribution in [-0.2, 0) is 0 Å². The second-order valence-electron chi connectivity index (χ2n) is 7.25. The van der Waals surface area contributed by atoms with Gasteiger partial charge in [-0.15, -0.1) is 11.3 Å².